The average Bonchev–Trinajstić information content (AvgIpc) is 2.31. The van der Waals surface area contributed by atoms with Gasteiger partial charge in [0.2, 0.25) is 0 Å². The number of hydrogen-bond donors (Lipinski definition) is 0. The van der Waals surface area contributed by atoms with Gasteiger partial charge in [-0.15, -0.1) is 0 Å². The Balaban J connectivity index is 2.81. The van der Waals surface area contributed by atoms with Gasteiger partial charge in [-0.05, 0) is 18.2 Å². The highest BCUT2D eigenvalue weighted by Gasteiger charge is 2.16. The van der Waals surface area contributed by atoms with E-state index >= 15 is 0 Å². The summed E-state index contributed by atoms with van der Waals surface area (Å²) in [4.78, 5) is 23.7. The van der Waals surface area contributed by atoms with E-state index in [2.05, 4.69) is 4.74 Å². The highest BCUT2D eigenvalue weighted by Crippen LogP contribution is 2.10. The molecule has 0 aliphatic carbocycles. The molecule has 0 radical (unpaired) electrons. The van der Waals surface area contributed by atoms with Crippen molar-refractivity contribution in [1.29, 1.82) is 0 Å². The molecule has 4 nitrogen and oxygen atoms in total. The first kappa shape index (κ1) is 13.1. The van der Waals surface area contributed by atoms with E-state index in [1.165, 1.54) is 14.2 Å². The van der Waals surface area contributed by atoms with Crippen molar-refractivity contribution >= 4 is 11.9 Å². The Kier molecular flexibility index (Phi) is 4.14. The molecule has 0 saturated carbocycles. The van der Waals surface area contributed by atoms with E-state index in [-0.39, 0.29) is 12.1 Å². The number of benzene rings is 1. The van der Waals surface area contributed by atoms with Gasteiger partial charge in [-0.3, -0.25) is 9.59 Å². The second kappa shape index (κ2) is 5.38. The molecular weight excluding hydrogens is 232 g/mol. The van der Waals surface area contributed by atoms with Gasteiger partial charge in [0.25, 0.3) is 5.91 Å². The van der Waals surface area contributed by atoms with Crippen LogP contribution in [0.5, 0.6) is 0 Å². The molecule has 92 valence electrons. The zero-order valence-electron chi connectivity index (χ0n) is 9.37. The number of nitrogens with zero attached hydrogens (tertiary/aromatic N) is 1. The Hall–Kier alpha value is -1.98. The van der Waals surface area contributed by atoms with Crippen molar-refractivity contribution in [3.05, 3.63) is 35.4 Å². The van der Waals surface area contributed by atoms with Gasteiger partial charge in [0.05, 0.1) is 7.11 Å². The van der Waals surface area contributed by atoms with E-state index in [0.29, 0.717) is 0 Å². The predicted molar refractivity (Wildman–Crippen MR) is 55.3 cm³/mol. The molecule has 0 saturated heterocycles. The van der Waals surface area contributed by atoms with Crippen molar-refractivity contribution < 1.29 is 23.1 Å². The molecule has 0 fully saturated rings. The van der Waals surface area contributed by atoms with Gasteiger partial charge in [0, 0.05) is 12.6 Å². The van der Waals surface area contributed by atoms with Gasteiger partial charge in [-0.1, -0.05) is 0 Å². The van der Waals surface area contributed by atoms with Crippen LogP contribution in [0.15, 0.2) is 18.2 Å². The molecule has 17 heavy (non-hydrogen) atoms. The molecule has 1 rings (SSSR count). The standard InChI is InChI=1S/C11H11F2NO3/c1-14(6-10(15)17-2)11(16)7-3-4-8(12)9(13)5-7/h3-5H,6H2,1-2H3. The normalized spacial score (nSPS) is 9.88. The van der Waals surface area contributed by atoms with Crippen molar-refractivity contribution in [3.8, 4) is 0 Å². The number of rotatable bonds is 3. The number of carbonyl (C=O) groups is 2. The average molecular weight is 243 g/mol. The van der Waals surface area contributed by atoms with E-state index < -0.39 is 23.5 Å². The fraction of sp³-hybridized carbons (Fsp3) is 0.273. The minimum absolute atomic E-state index is 0.0321. The highest BCUT2D eigenvalue weighted by atomic mass is 19.2. The molecule has 0 aromatic heterocycles. The Labute approximate surface area is 96.8 Å². The van der Waals surface area contributed by atoms with Gasteiger partial charge >= 0.3 is 5.97 Å². The lowest BCUT2D eigenvalue weighted by molar-refractivity contribution is -0.141. The minimum atomic E-state index is -1.11. The summed E-state index contributed by atoms with van der Waals surface area (Å²) in [6, 6.07) is 2.79. The van der Waals surface area contributed by atoms with E-state index in [4.69, 9.17) is 0 Å². The number of halogens is 2. The van der Waals surface area contributed by atoms with Crippen molar-refractivity contribution in [2.45, 2.75) is 0 Å². The maximum absolute atomic E-state index is 12.9. The maximum Gasteiger partial charge on any atom is 0.325 e. The largest absolute Gasteiger partial charge is 0.468 e. The third kappa shape index (κ3) is 3.24. The molecule has 1 amide bonds. The summed E-state index contributed by atoms with van der Waals surface area (Å²) in [7, 11) is 2.55. The number of ether oxygens (including phenoxy) is 1. The highest BCUT2D eigenvalue weighted by molar-refractivity contribution is 5.95. The molecule has 0 N–H and O–H groups in total. The van der Waals surface area contributed by atoms with Crippen LogP contribution in [0.2, 0.25) is 0 Å². The number of hydrogen-bond acceptors (Lipinski definition) is 3. The second-order valence-corrected chi connectivity index (χ2v) is 3.37. The minimum Gasteiger partial charge on any atom is -0.468 e. The fourth-order valence-corrected chi connectivity index (χ4v) is 1.18. The summed E-state index contributed by atoms with van der Waals surface area (Å²) in [5.41, 5.74) is -0.0321. The zero-order chi connectivity index (χ0) is 13.0. The quantitative estimate of drug-likeness (QED) is 0.750. The molecule has 0 spiro atoms. The molecule has 0 atom stereocenters. The van der Waals surface area contributed by atoms with Gasteiger partial charge in [-0.25, -0.2) is 8.78 Å². The molecule has 6 heteroatoms. The lowest BCUT2D eigenvalue weighted by Gasteiger charge is -2.15. The molecule has 1 aromatic carbocycles. The molecule has 0 heterocycles. The molecule has 1 aromatic rings. The van der Waals surface area contributed by atoms with Crippen LogP contribution < -0.4 is 0 Å². The summed E-state index contributed by atoms with van der Waals surface area (Å²) in [6.07, 6.45) is 0. The summed E-state index contributed by atoms with van der Waals surface area (Å²) in [5.74, 6) is -3.32. The molecule has 0 unspecified atom stereocenters. The van der Waals surface area contributed by atoms with E-state index in [1.807, 2.05) is 0 Å². The van der Waals surface area contributed by atoms with Crippen molar-refractivity contribution in [2.24, 2.45) is 0 Å². The number of carbonyl (C=O) groups excluding carboxylic acids is 2. The van der Waals surface area contributed by atoms with Crippen LogP contribution in [-0.4, -0.2) is 37.5 Å². The van der Waals surface area contributed by atoms with Crippen molar-refractivity contribution in [2.75, 3.05) is 20.7 Å². The maximum atomic E-state index is 12.9. The van der Waals surface area contributed by atoms with Crippen LogP contribution in [0.25, 0.3) is 0 Å². The summed E-state index contributed by atoms with van der Waals surface area (Å²) >= 11 is 0. The summed E-state index contributed by atoms with van der Waals surface area (Å²) < 4.78 is 29.9. The van der Waals surface area contributed by atoms with E-state index in [0.717, 1.165) is 23.1 Å². The van der Waals surface area contributed by atoms with Gasteiger partial charge in [0.15, 0.2) is 11.6 Å². The van der Waals surface area contributed by atoms with Gasteiger partial charge in [0.1, 0.15) is 6.54 Å². The van der Waals surface area contributed by atoms with Crippen LogP contribution in [-0.2, 0) is 9.53 Å². The first-order chi connectivity index (χ1) is 7.95. The van der Waals surface area contributed by atoms with Crippen LogP contribution in [0.3, 0.4) is 0 Å². The van der Waals surface area contributed by atoms with Crippen molar-refractivity contribution in [3.63, 3.8) is 0 Å². The fourth-order valence-electron chi connectivity index (χ4n) is 1.18. The smallest absolute Gasteiger partial charge is 0.325 e. The SMILES string of the molecule is COC(=O)CN(C)C(=O)c1ccc(F)c(F)c1. The van der Waals surface area contributed by atoms with Crippen LogP contribution in [0, 0.1) is 11.6 Å². The monoisotopic (exact) mass is 243 g/mol. The zero-order valence-corrected chi connectivity index (χ0v) is 9.37. The number of methoxy groups -OCH3 is 1. The lowest BCUT2D eigenvalue weighted by Crippen LogP contribution is -2.32. The van der Waals surface area contributed by atoms with Gasteiger partial charge < -0.3 is 9.64 Å². The number of amides is 1. The van der Waals surface area contributed by atoms with Crippen LogP contribution in [0.1, 0.15) is 10.4 Å². The molecule has 0 aliphatic heterocycles. The summed E-state index contributed by atoms with van der Waals surface area (Å²) in [6.45, 7) is -0.256. The Morgan fingerprint density at radius 3 is 2.47 bits per heavy atom. The van der Waals surface area contributed by atoms with E-state index in [1.54, 1.807) is 0 Å². The Morgan fingerprint density at radius 2 is 1.94 bits per heavy atom. The first-order valence-corrected chi connectivity index (χ1v) is 4.73. The molecular formula is C11H11F2NO3. The van der Waals surface area contributed by atoms with Crippen molar-refractivity contribution in [1.82, 2.24) is 4.90 Å². The van der Waals surface area contributed by atoms with E-state index in [9.17, 15) is 18.4 Å². The molecule has 0 bridgehead atoms. The van der Waals surface area contributed by atoms with Gasteiger partial charge in [-0.2, -0.15) is 0 Å². The third-order valence-corrected chi connectivity index (χ3v) is 2.11. The number of likely N-dealkylation sites (N-methyl/N-ethyl adjacent to an activating group) is 1. The lowest BCUT2D eigenvalue weighted by atomic mass is 10.2. The first-order valence-electron chi connectivity index (χ1n) is 4.73. The predicted octanol–water partition coefficient (Wildman–Crippen LogP) is 1.21. The topological polar surface area (TPSA) is 46.6 Å². The Bertz CT molecular complexity index is 448. The van der Waals surface area contributed by atoms with Crippen LogP contribution >= 0.6 is 0 Å². The second-order valence-electron chi connectivity index (χ2n) is 3.37. The molecule has 0 aliphatic rings. The number of esters is 1. The third-order valence-electron chi connectivity index (χ3n) is 2.11. The Morgan fingerprint density at radius 1 is 1.29 bits per heavy atom. The summed E-state index contributed by atoms with van der Waals surface area (Å²) in [5, 5.41) is 0. The van der Waals surface area contributed by atoms with Crippen LogP contribution in [0.4, 0.5) is 8.78 Å².